The molecule has 2 aromatic rings. The van der Waals surface area contributed by atoms with Crippen LogP contribution in [0.25, 0.3) is 0 Å². The molecule has 0 bridgehead atoms. The number of hydrogen-bond donors (Lipinski definition) is 3. The van der Waals surface area contributed by atoms with Gasteiger partial charge in [-0.05, 0) is 29.8 Å². The number of carboxylic acid groups (broad SMARTS) is 1. The number of aliphatic carboxylic acids is 1. The summed E-state index contributed by atoms with van der Waals surface area (Å²) in [5, 5.41) is 7.12. The predicted octanol–water partition coefficient (Wildman–Crippen LogP) is 3.97. The quantitative estimate of drug-likeness (QED) is 0.346. The first-order chi connectivity index (χ1) is 14.6. The fraction of sp³-hybridized carbons (Fsp3) is 0.222. The normalized spacial score (nSPS) is 11.2. The zero-order chi connectivity index (χ0) is 24.7. The number of nitrogens with zero attached hydrogens (tertiary/aromatic N) is 1. The molecule has 0 saturated carbocycles. The third kappa shape index (κ3) is 8.28. The van der Waals surface area contributed by atoms with Gasteiger partial charge in [0.15, 0.2) is 17.5 Å². The molecule has 5 N–H and O–H groups in total. The molecule has 0 saturated heterocycles. The molecule has 0 spiro atoms. The summed E-state index contributed by atoms with van der Waals surface area (Å²) in [6.45, 7) is -0.755. The summed E-state index contributed by atoms with van der Waals surface area (Å²) in [6.07, 6.45) is -9.58. The third-order valence-electron chi connectivity index (χ3n) is 3.46. The molecule has 0 aliphatic carbocycles. The van der Waals surface area contributed by atoms with Crippen molar-refractivity contribution in [1.29, 1.82) is 0 Å². The molecule has 2 aromatic carbocycles. The van der Waals surface area contributed by atoms with Crippen molar-refractivity contribution >= 4 is 11.9 Å². The second-order valence-electron chi connectivity index (χ2n) is 5.87. The smallest absolute Gasteiger partial charge is 0.486 e. The zero-order valence-corrected chi connectivity index (χ0v) is 15.8. The van der Waals surface area contributed by atoms with E-state index in [-0.39, 0.29) is 23.9 Å². The Morgan fingerprint density at radius 3 is 2.12 bits per heavy atom. The topological polar surface area (TPSA) is 111 Å². The number of benzene rings is 2. The van der Waals surface area contributed by atoms with Gasteiger partial charge in [-0.25, -0.2) is 18.6 Å². The highest BCUT2D eigenvalue weighted by atomic mass is 19.4. The lowest BCUT2D eigenvalue weighted by Gasteiger charge is -2.12. The van der Waals surface area contributed by atoms with Crippen molar-refractivity contribution in [2.24, 2.45) is 16.5 Å². The van der Waals surface area contributed by atoms with E-state index in [4.69, 9.17) is 26.1 Å². The Morgan fingerprint density at radius 1 is 1.03 bits per heavy atom. The fourth-order valence-corrected chi connectivity index (χ4v) is 2.00. The molecule has 0 unspecified atom stereocenters. The summed E-state index contributed by atoms with van der Waals surface area (Å²) < 4.78 is 103. The number of carbonyl (C=O) groups is 1. The van der Waals surface area contributed by atoms with Crippen LogP contribution in [-0.4, -0.2) is 23.2 Å². The third-order valence-corrected chi connectivity index (χ3v) is 3.46. The highest BCUT2D eigenvalue weighted by molar-refractivity contribution is 5.75. The van der Waals surface area contributed by atoms with E-state index in [9.17, 15) is 35.1 Å². The standard InChI is InChI=1S/C16H14F5N3O.C2HF3O2/c17-12-4-5-13(14(18)11(12)7-24-15(22)23)25-8-9-2-1-3-10(6-9)16(19,20)21;3-2(4,5)1(6)7/h1-6H,7-8H2,(H4,22,23,24);(H,6,7). The van der Waals surface area contributed by atoms with E-state index in [0.29, 0.717) is 0 Å². The number of ether oxygens (including phenoxy) is 1. The largest absolute Gasteiger partial charge is 0.490 e. The summed E-state index contributed by atoms with van der Waals surface area (Å²) in [6, 6.07) is 6.42. The van der Waals surface area contributed by atoms with E-state index >= 15 is 0 Å². The maximum atomic E-state index is 14.3. The minimum Gasteiger partial charge on any atom is -0.486 e. The van der Waals surface area contributed by atoms with E-state index in [0.717, 1.165) is 24.3 Å². The van der Waals surface area contributed by atoms with Gasteiger partial charge in [0, 0.05) is 5.56 Å². The van der Waals surface area contributed by atoms with E-state index < -0.39 is 47.6 Å². The van der Waals surface area contributed by atoms with Gasteiger partial charge in [0.2, 0.25) is 0 Å². The van der Waals surface area contributed by atoms with Crippen LogP contribution in [0.15, 0.2) is 41.4 Å². The summed E-state index contributed by atoms with van der Waals surface area (Å²) in [5.41, 5.74) is 9.18. The first kappa shape index (κ1) is 26.5. The molecule has 0 aliphatic heterocycles. The van der Waals surface area contributed by atoms with Crippen molar-refractivity contribution in [2.75, 3.05) is 0 Å². The lowest BCUT2D eigenvalue weighted by atomic mass is 10.1. The molecule has 6 nitrogen and oxygen atoms in total. The summed E-state index contributed by atoms with van der Waals surface area (Å²) in [7, 11) is 0. The molecule has 0 fully saturated rings. The minimum atomic E-state index is -5.08. The van der Waals surface area contributed by atoms with Gasteiger partial charge in [0.1, 0.15) is 12.4 Å². The molecule has 0 amide bonds. The monoisotopic (exact) mass is 473 g/mol. The van der Waals surface area contributed by atoms with Crippen LogP contribution < -0.4 is 16.2 Å². The van der Waals surface area contributed by atoms with Gasteiger partial charge in [-0.3, -0.25) is 0 Å². The molecule has 0 heterocycles. The molecule has 176 valence electrons. The molecular formula is C18H15F8N3O3. The number of alkyl halides is 6. The lowest BCUT2D eigenvalue weighted by Crippen LogP contribution is -2.22. The second kappa shape index (κ2) is 10.6. The van der Waals surface area contributed by atoms with Crippen LogP contribution in [0, 0.1) is 11.6 Å². The molecule has 0 aromatic heterocycles. The van der Waals surface area contributed by atoms with Gasteiger partial charge in [0.05, 0.1) is 12.1 Å². The van der Waals surface area contributed by atoms with Gasteiger partial charge in [-0.1, -0.05) is 12.1 Å². The molecule has 14 heteroatoms. The fourth-order valence-electron chi connectivity index (χ4n) is 2.00. The van der Waals surface area contributed by atoms with Gasteiger partial charge < -0.3 is 21.3 Å². The molecular weight excluding hydrogens is 458 g/mol. The number of rotatable bonds is 5. The summed E-state index contributed by atoms with van der Waals surface area (Å²) >= 11 is 0. The van der Waals surface area contributed by atoms with Crippen LogP contribution in [0.2, 0.25) is 0 Å². The van der Waals surface area contributed by atoms with Crippen LogP contribution in [0.5, 0.6) is 5.75 Å². The second-order valence-corrected chi connectivity index (χ2v) is 5.87. The summed E-state index contributed by atoms with van der Waals surface area (Å²) in [4.78, 5) is 12.4. The molecule has 0 aliphatic rings. The van der Waals surface area contributed by atoms with Crippen molar-refractivity contribution in [3.8, 4) is 5.75 Å². The SMILES string of the molecule is NC(N)=NCc1c(F)ccc(OCc2cccc(C(F)(F)F)c2)c1F.O=C(O)C(F)(F)F. The van der Waals surface area contributed by atoms with Crippen LogP contribution in [0.1, 0.15) is 16.7 Å². The maximum absolute atomic E-state index is 14.3. The average molecular weight is 473 g/mol. The van der Waals surface area contributed by atoms with E-state index in [1.165, 1.54) is 12.1 Å². The van der Waals surface area contributed by atoms with Crippen molar-refractivity contribution in [1.82, 2.24) is 0 Å². The van der Waals surface area contributed by atoms with E-state index in [1.54, 1.807) is 0 Å². The molecule has 32 heavy (non-hydrogen) atoms. The lowest BCUT2D eigenvalue weighted by molar-refractivity contribution is -0.192. The van der Waals surface area contributed by atoms with Crippen molar-refractivity contribution in [3.63, 3.8) is 0 Å². The number of nitrogens with two attached hydrogens (primary N) is 2. The number of halogens is 8. The highest BCUT2D eigenvalue weighted by Crippen LogP contribution is 2.30. The first-order valence-electron chi connectivity index (χ1n) is 8.24. The Hall–Kier alpha value is -3.58. The van der Waals surface area contributed by atoms with Crippen molar-refractivity contribution < 1.29 is 49.8 Å². The number of guanidine groups is 1. The molecule has 0 radical (unpaired) electrons. The van der Waals surface area contributed by atoms with Crippen molar-refractivity contribution in [2.45, 2.75) is 25.5 Å². The Kier molecular flexibility index (Phi) is 8.79. The first-order valence-corrected chi connectivity index (χ1v) is 8.24. The number of aliphatic imine (C=N–C) groups is 1. The molecule has 0 atom stereocenters. The van der Waals surface area contributed by atoms with Crippen LogP contribution in [0.4, 0.5) is 35.1 Å². The Bertz CT molecular complexity index is 971. The number of hydrogen-bond acceptors (Lipinski definition) is 3. The minimum absolute atomic E-state index is 0.185. The predicted molar refractivity (Wildman–Crippen MR) is 95.3 cm³/mol. The Labute approximate surface area is 175 Å². The van der Waals surface area contributed by atoms with Crippen LogP contribution in [0.3, 0.4) is 0 Å². The van der Waals surface area contributed by atoms with Gasteiger partial charge in [0.25, 0.3) is 0 Å². The van der Waals surface area contributed by atoms with Gasteiger partial charge >= 0.3 is 18.3 Å². The van der Waals surface area contributed by atoms with Crippen LogP contribution in [-0.2, 0) is 24.1 Å². The van der Waals surface area contributed by atoms with Gasteiger partial charge in [-0.2, -0.15) is 26.3 Å². The Balaban J connectivity index is 0.000000633. The Morgan fingerprint density at radius 2 is 1.62 bits per heavy atom. The van der Waals surface area contributed by atoms with Crippen LogP contribution >= 0.6 is 0 Å². The molecule has 2 rings (SSSR count). The van der Waals surface area contributed by atoms with Crippen molar-refractivity contribution in [3.05, 3.63) is 64.7 Å². The maximum Gasteiger partial charge on any atom is 0.490 e. The summed E-state index contributed by atoms with van der Waals surface area (Å²) in [5.74, 6) is -5.30. The van der Waals surface area contributed by atoms with Gasteiger partial charge in [-0.15, -0.1) is 0 Å². The number of carboxylic acids is 1. The van der Waals surface area contributed by atoms with E-state index in [2.05, 4.69) is 4.99 Å². The highest BCUT2D eigenvalue weighted by Gasteiger charge is 2.38. The average Bonchev–Trinajstić information content (AvgIpc) is 2.66. The zero-order valence-electron chi connectivity index (χ0n) is 15.8. The van der Waals surface area contributed by atoms with E-state index in [1.807, 2.05) is 0 Å².